The number of urea groups is 1. The zero-order chi connectivity index (χ0) is 13.8. The third-order valence-corrected chi connectivity index (χ3v) is 2.79. The summed E-state index contributed by atoms with van der Waals surface area (Å²) < 4.78 is 5.05. The molecule has 0 aromatic carbocycles. The van der Waals surface area contributed by atoms with Crippen molar-refractivity contribution in [2.45, 2.75) is 13.0 Å². The standard InChI is InChI=1S/C12H15N3O4/c1-8-2-3-9(6-13-8)14-12(18)15-4-5-19-10(7-15)11(16)17/h2-3,6,10H,4-5,7H2,1H3,(H,14,18)(H,16,17). The smallest absolute Gasteiger partial charge is 0.334 e. The van der Waals surface area contributed by atoms with E-state index < -0.39 is 12.1 Å². The van der Waals surface area contributed by atoms with E-state index in [2.05, 4.69) is 10.3 Å². The molecule has 7 heteroatoms. The van der Waals surface area contributed by atoms with Crippen molar-refractivity contribution in [2.24, 2.45) is 0 Å². The van der Waals surface area contributed by atoms with Crippen LogP contribution in [0.3, 0.4) is 0 Å². The third kappa shape index (κ3) is 3.41. The fourth-order valence-electron chi connectivity index (χ4n) is 1.73. The Morgan fingerprint density at radius 3 is 2.95 bits per heavy atom. The molecule has 1 aliphatic heterocycles. The number of morpholine rings is 1. The van der Waals surface area contributed by atoms with Crippen LogP contribution in [0.2, 0.25) is 0 Å². The Balaban J connectivity index is 1.96. The predicted octanol–water partition coefficient (Wildman–Crippen LogP) is 0.707. The quantitative estimate of drug-likeness (QED) is 0.821. The van der Waals surface area contributed by atoms with Crippen LogP contribution in [-0.2, 0) is 9.53 Å². The van der Waals surface area contributed by atoms with E-state index in [-0.39, 0.29) is 19.2 Å². The molecule has 1 aliphatic rings. The Kier molecular flexibility index (Phi) is 3.96. The molecule has 1 unspecified atom stereocenters. The first-order chi connectivity index (χ1) is 9.06. The molecule has 1 saturated heterocycles. The molecule has 0 bridgehead atoms. The molecule has 0 radical (unpaired) electrons. The highest BCUT2D eigenvalue weighted by molar-refractivity contribution is 5.89. The average Bonchev–Trinajstić information content (AvgIpc) is 2.41. The molecule has 0 aliphatic carbocycles. The molecule has 1 fully saturated rings. The summed E-state index contributed by atoms with van der Waals surface area (Å²) >= 11 is 0. The van der Waals surface area contributed by atoms with Gasteiger partial charge in [-0.05, 0) is 19.1 Å². The van der Waals surface area contributed by atoms with Crippen LogP contribution in [0.5, 0.6) is 0 Å². The van der Waals surface area contributed by atoms with E-state index in [0.717, 1.165) is 5.69 Å². The van der Waals surface area contributed by atoms with Gasteiger partial charge in [-0.1, -0.05) is 0 Å². The van der Waals surface area contributed by atoms with E-state index in [9.17, 15) is 9.59 Å². The number of nitrogens with zero attached hydrogens (tertiary/aromatic N) is 2. The van der Waals surface area contributed by atoms with Crippen molar-refractivity contribution in [2.75, 3.05) is 25.0 Å². The van der Waals surface area contributed by atoms with Gasteiger partial charge in [-0.25, -0.2) is 9.59 Å². The van der Waals surface area contributed by atoms with Gasteiger partial charge in [0.1, 0.15) is 0 Å². The number of anilines is 1. The highest BCUT2D eigenvalue weighted by Gasteiger charge is 2.28. The molecule has 0 saturated carbocycles. The molecule has 19 heavy (non-hydrogen) atoms. The molecule has 7 nitrogen and oxygen atoms in total. The molecule has 1 atom stereocenters. The van der Waals surface area contributed by atoms with Crippen LogP contribution in [-0.4, -0.2) is 52.8 Å². The number of ether oxygens (including phenoxy) is 1. The largest absolute Gasteiger partial charge is 0.479 e. The minimum absolute atomic E-state index is 0.0421. The lowest BCUT2D eigenvalue weighted by Crippen LogP contribution is -2.49. The zero-order valence-corrected chi connectivity index (χ0v) is 10.5. The van der Waals surface area contributed by atoms with Crippen LogP contribution in [0.25, 0.3) is 0 Å². The number of aryl methyl sites for hydroxylation is 1. The summed E-state index contributed by atoms with van der Waals surface area (Å²) in [6.07, 6.45) is 0.596. The number of pyridine rings is 1. The van der Waals surface area contributed by atoms with Crippen LogP contribution < -0.4 is 5.32 Å². The fraction of sp³-hybridized carbons (Fsp3) is 0.417. The fourth-order valence-corrected chi connectivity index (χ4v) is 1.73. The molecular weight excluding hydrogens is 250 g/mol. The highest BCUT2D eigenvalue weighted by atomic mass is 16.5. The van der Waals surface area contributed by atoms with Crippen molar-refractivity contribution >= 4 is 17.7 Å². The summed E-state index contributed by atoms with van der Waals surface area (Å²) in [6, 6.07) is 3.19. The van der Waals surface area contributed by atoms with E-state index in [1.165, 1.54) is 4.90 Å². The zero-order valence-electron chi connectivity index (χ0n) is 10.5. The minimum atomic E-state index is -1.06. The lowest BCUT2D eigenvalue weighted by Gasteiger charge is -2.30. The van der Waals surface area contributed by atoms with Crippen LogP contribution >= 0.6 is 0 Å². The normalized spacial score (nSPS) is 19.0. The Labute approximate surface area is 110 Å². The summed E-state index contributed by atoms with van der Waals surface area (Å²) in [5.41, 5.74) is 1.43. The number of carbonyl (C=O) groups is 2. The molecule has 1 aromatic heterocycles. The molecule has 2 amide bonds. The maximum absolute atomic E-state index is 12.0. The van der Waals surface area contributed by atoms with Crippen LogP contribution in [0.4, 0.5) is 10.5 Å². The Hall–Kier alpha value is -2.15. The third-order valence-electron chi connectivity index (χ3n) is 2.79. The number of nitrogens with one attached hydrogen (secondary N) is 1. The van der Waals surface area contributed by atoms with E-state index in [1.807, 2.05) is 6.92 Å². The molecule has 2 rings (SSSR count). The van der Waals surface area contributed by atoms with Gasteiger partial charge in [0.2, 0.25) is 0 Å². The Morgan fingerprint density at radius 1 is 1.53 bits per heavy atom. The lowest BCUT2D eigenvalue weighted by atomic mass is 10.3. The number of hydrogen-bond donors (Lipinski definition) is 2. The Morgan fingerprint density at radius 2 is 2.32 bits per heavy atom. The van der Waals surface area contributed by atoms with Gasteiger partial charge in [-0.15, -0.1) is 0 Å². The SMILES string of the molecule is Cc1ccc(NC(=O)N2CCOC(C(=O)O)C2)cn1. The van der Waals surface area contributed by atoms with Crippen molar-refractivity contribution in [1.82, 2.24) is 9.88 Å². The summed E-state index contributed by atoms with van der Waals surface area (Å²) in [6.45, 7) is 2.48. The topological polar surface area (TPSA) is 91.8 Å². The summed E-state index contributed by atoms with van der Waals surface area (Å²) in [5.74, 6) is -1.06. The maximum atomic E-state index is 12.0. The molecule has 0 spiro atoms. The van der Waals surface area contributed by atoms with Crippen molar-refractivity contribution in [3.63, 3.8) is 0 Å². The average molecular weight is 265 g/mol. The number of carbonyl (C=O) groups excluding carboxylic acids is 1. The number of carboxylic acids is 1. The van der Waals surface area contributed by atoms with Gasteiger partial charge in [0.15, 0.2) is 6.10 Å². The van der Waals surface area contributed by atoms with E-state index >= 15 is 0 Å². The van der Waals surface area contributed by atoms with Crippen LogP contribution in [0.1, 0.15) is 5.69 Å². The number of carboxylic acid groups (broad SMARTS) is 1. The molecule has 2 N–H and O–H groups in total. The van der Waals surface area contributed by atoms with E-state index in [4.69, 9.17) is 9.84 Å². The lowest BCUT2D eigenvalue weighted by molar-refractivity contribution is -0.154. The van der Waals surface area contributed by atoms with Crippen LogP contribution in [0, 0.1) is 6.92 Å². The second-order valence-corrected chi connectivity index (χ2v) is 4.26. The van der Waals surface area contributed by atoms with Gasteiger partial charge < -0.3 is 20.1 Å². The monoisotopic (exact) mass is 265 g/mol. The van der Waals surface area contributed by atoms with Gasteiger partial charge in [-0.3, -0.25) is 4.98 Å². The molecular formula is C12H15N3O4. The van der Waals surface area contributed by atoms with Crippen molar-refractivity contribution in [3.8, 4) is 0 Å². The first-order valence-corrected chi connectivity index (χ1v) is 5.89. The van der Waals surface area contributed by atoms with E-state index in [0.29, 0.717) is 12.2 Å². The van der Waals surface area contributed by atoms with Gasteiger partial charge in [0.05, 0.1) is 25.0 Å². The van der Waals surface area contributed by atoms with Gasteiger partial charge in [0, 0.05) is 12.2 Å². The minimum Gasteiger partial charge on any atom is -0.479 e. The number of aliphatic carboxylic acids is 1. The van der Waals surface area contributed by atoms with Crippen LogP contribution in [0.15, 0.2) is 18.3 Å². The molecule has 2 heterocycles. The molecule has 102 valence electrons. The van der Waals surface area contributed by atoms with Gasteiger partial charge in [0.25, 0.3) is 0 Å². The van der Waals surface area contributed by atoms with Gasteiger partial charge >= 0.3 is 12.0 Å². The molecule has 1 aromatic rings. The van der Waals surface area contributed by atoms with Crippen molar-refractivity contribution in [3.05, 3.63) is 24.0 Å². The number of aromatic nitrogens is 1. The van der Waals surface area contributed by atoms with Crippen molar-refractivity contribution in [1.29, 1.82) is 0 Å². The predicted molar refractivity (Wildman–Crippen MR) is 66.9 cm³/mol. The number of amides is 2. The second-order valence-electron chi connectivity index (χ2n) is 4.26. The summed E-state index contributed by atoms with van der Waals surface area (Å²) in [4.78, 5) is 28.3. The maximum Gasteiger partial charge on any atom is 0.334 e. The number of hydrogen-bond acceptors (Lipinski definition) is 4. The van der Waals surface area contributed by atoms with Crippen molar-refractivity contribution < 1.29 is 19.4 Å². The first kappa shape index (κ1) is 13.3. The highest BCUT2D eigenvalue weighted by Crippen LogP contribution is 2.10. The Bertz CT molecular complexity index is 474. The first-order valence-electron chi connectivity index (χ1n) is 5.89. The van der Waals surface area contributed by atoms with E-state index in [1.54, 1.807) is 18.3 Å². The van der Waals surface area contributed by atoms with Gasteiger partial charge in [-0.2, -0.15) is 0 Å². The summed E-state index contributed by atoms with van der Waals surface area (Å²) in [7, 11) is 0. The summed E-state index contributed by atoms with van der Waals surface area (Å²) in [5, 5.41) is 11.5. The number of rotatable bonds is 2. The second kappa shape index (κ2) is 5.66.